The zero-order valence-corrected chi connectivity index (χ0v) is 20.2. The highest BCUT2D eigenvalue weighted by molar-refractivity contribution is 5.77. The maximum Gasteiger partial charge on any atom is 0.323 e. The quantitative estimate of drug-likeness (QED) is 0.365. The second kappa shape index (κ2) is 13.6. The lowest BCUT2D eigenvalue weighted by atomic mass is 10.1. The Morgan fingerprint density at radius 3 is 1.94 bits per heavy atom. The molecule has 1 aromatic rings. The maximum atomic E-state index is 12.2. The predicted octanol–water partition coefficient (Wildman–Crippen LogP) is 2.95. The smallest absolute Gasteiger partial charge is 0.323 e. The number of esters is 4. The average molecular weight is 466 g/mol. The van der Waals surface area contributed by atoms with Gasteiger partial charge < -0.3 is 24.7 Å². The first-order chi connectivity index (χ1) is 15.4. The van der Waals surface area contributed by atoms with E-state index in [4.69, 9.17) is 24.7 Å². The molecule has 0 spiro atoms. The molecule has 0 saturated heterocycles. The molecule has 184 valence electrons. The number of ether oxygens (including phenoxy) is 4. The van der Waals surface area contributed by atoms with Crippen LogP contribution in [0, 0.1) is 11.8 Å². The Balaban J connectivity index is 2.92. The number of carbonyl (C=O) groups excluding carboxylic acids is 4. The summed E-state index contributed by atoms with van der Waals surface area (Å²) in [6.07, 6.45) is -0.0968. The first-order valence-electron chi connectivity index (χ1n) is 11.0. The molecule has 2 atom stereocenters. The van der Waals surface area contributed by atoms with Gasteiger partial charge in [-0.3, -0.25) is 19.2 Å². The van der Waals surface area contributed by atoms with E-state index in [-0.39, 0.29) is 49.2 Å². The molecule has 33 heavy (non-hydrogen) atoms. The molecule has 0 unspecified atom stereocenters. The van der Waals surface area contributed by atoms with Crippen LogP contribution >= 0.6 is 0 Å². The van der Waals surface area contributed by atoms with Crippen molar-refractivity contribution in [2.75, 3.05) is 6.61 Å². The summed E-state index contributed by atoms with van der Waals surface area (Å²) < 4.78 is 20.8. The molecule has 9 heteroatoms. The zero-order valence-electron chi connectivity index (χ0n) is 20.2. The molecule has 0 heterocycles. The van der Waals surface area contributed by atoms with Crippen molar-refractivity contribution in [2.24, 2.45) is 17.6 Å². The van der Waals surface area contributed by atoms with Crippen LogP contribution in [0.15, 0.2) is 18.2 Å². The minimum Gasteiger partial charge on any atom is -0.461 e. The van der Waals surface area contributed by atoms with Crippen molar-refractivity contribution >= 4 is 23.9 Å². The summed E-state index contributed by atoms with van der Waals surface area (Å²) in [6.45, 7) is 10.3. The predicted molar refractivity (Wildman–Crippen MR) is 120 cm³/mol. The molecular formula is C24H35NO8. The molecule has 0 amide bonds. The first-order valence-corrected chi connectivity index (χ1v) is 11.0. The van der Waals surface area contributed by atoms with Crippen LogP contribution in [0.25, 0.3) is 0 Å². The van der Waals surface area contributed by atoms with E-state index in [9.17, 15) is 19.2 Å². The molecular weight excluding hydrogens is 430 g/mol. The number of hydrogen-bond donors (Lipinski definition) is 1. The number of nitrogens with two attached hydrogens (primary N) is 1. The van der Waals surface area contributed by atoms with Crippen LogP contribution in [0.2, 0.25) is 0 Å². The Morgan fingerprint density at radius 2 is 1.42 bits per heavy atom. The van der Waals surface area contributed by atoms with Gasteiger partial charge >= 0.3 is 23.9 Å². The van der Waals surface area contributed by atoms with Gasteiger partial charge in [0, 0.05) is 19.8 Å². The van der Waals surface area contributed by atoms with Gasteiger partial charge in [-0.05, 0) is 42.9 Å². The summed E-state index contributed by atoms with van der Waals surface area (Å²) in [7, 11) is 0. The molecule has 0 aromatic heterocycles. The number of hydrogen-bond acceptors (Lipinski definition) is 9. The summed E-state index contributed by atoms with van der Waals surface area (Å²) in [5.41, 5.74) is 6.54. The highest BCUT2D eigenvalue weighted by Gasteiger charge is 2.21. The molecule has 0 aliphatic carbocycles. The Morgan fingerprint density at radius 1 is 0.879 bits per heavy atom. The van der Waals surface area contributed by atoms with Gasteiger partial charge in [0.2, 0.25) is 0 Å². The van der Waals surface area contributed by atoms with Crippen molar-refractivity contribution in [3.8, 4) is 11.5 Å². The van der Waals surface area contributed by atoms with Gasteiger partial charge in [-0.2, -0.15) is 0 Å². The molecule has 2 N–H and O–H groups in total. The van der Waals surface area contributed by atoms with Gasteiger partial charge in [-0.15, -0.1) is 0 Å². The Hall–Kier alpha value is -2.94. The Kier molecular flexibility index (Phi) is 11.6. The van der Waals surface area contributed by atoms with Crippen molar-refractivity contribution < 1.29 is 38.1 Å². The molecule has 0 aliphatic heterocycles. The first kappa shape index (κ1) is 28.1. The van der Waals surface area contributed by atoms with Crippen LogP contribution in [-0.2, 0) is 35.1 Å². The van der Waals surface area contributed by atoms with Crippen LogP contribution in [0.5, 0.6) is 11.5 Å². The monoisotopic (exact) mass is 465 g/mol. The highest BCUT2D eigenvalue weighted by atomic mass is 16.6. The van der Waals surface area contributed by atoms with E-state index in [1.165, 1.54) is 19.1 Å². The van der Waals surface area contributed by atoms with Crippen LogP contribution in [0.1, 0.15) is 59.9 Å². The van der Waals surface area contributed by atoms with Crippen molar-refractivity contribution in [3.05, 3.63) is 23.8 Å². The van der Waals surface area contributed by atoms with Gasteiger partial charge in [-0.1, -0.05) is 33.8 Å². The van der Waals surface area contributed by atoms with E-state index in [0.29, 0.717) is 5.56 Å². The Labute approximate surface area is 194 Å². The average Bonchev–Trinajstić information content (AvgIpc) is 2.66. The number of rotatable bonds is 12. The molecule has 9 nitrogen and oxygen atoms in total. The molecule has 1 aromatic carbocycles. The lowest BCUT2D eigenvalue weighted by Gasteiger charge is -2.16. The Bertz CT molecular complexity index is 834. The molecule has 1 rings (SSSR count). The second-order valence-electron chi connectivity index (χ2n) is 8.79. The molecule has 0 saturated carbocycles. The maximum absolute atomic E-state index is 12.2. The summed E-state index contributed by atoms with van der Waals surface area (Å²) in [5, 5.41) is 0. The third-order valence-electron chi connectivity index (χ3n) is 4.19. The molecule has 0 radical (unpaired) electrons. The fourth-order valence-corrected chi connectivity index (χ4v) is 2.80. The van der Waals surface area contributed by atoms with Crippen molar-refractivity contribution in [1.29, 1.82) is 0 Å². The van der Waals surface area contributed by atoms with Crippen molar-refractivity contribution in [2.45, 2.75) is 73.0 Å². The van der Waals surface area contributed by atoms with Crippen LogP contribution in [-0.4, -0.2) is 42.6 Å². The fourth-order valence-electron chi connectivity index (χ4n) is 2.80. The topological polar surface area (TPSA) is 131 Å². The zero-order chi connectivity index (χ0) is 25.1. The SMILES string of the molecule is CC(=O)O[C@@H](C)COC(=O)[C@@H](N)Cc1ccc(OC(=O)CC(C)C)c(OC(=O)CC(C)C)c1. The van der Waals surface area contributed by atoms with Crippen LogP contribution in [0.4, 0.5) is 0 Å². The number of benzene rings is 1. The van der Waals surface area contributed by atoms with E-state index < -0.39 is 36.0 Å². The van der Waals surface area contributed by atoms with Crippen molar-refractivity contribution in [1.82, 2.24) is 0 Å². The third-order valence-corrected chi connectivity index (χ3v) is 4.19. The van der Waals surface area contributed by atoms with Gasteiger partial charge in [0.15, 0.2) is 11.5 Å². The largest absolute Gasteiger partial charge is 0.461 e. The van der Waals surface area contributed by atoms with E-state index in [2.05, 4.69) is 0 Å². The third kappa shape index (κ3) is 11.5. The summed E-state index contributed by atoms with van der Waals surface area (Å²) >= 11 is 0. The van der Waals surface area contributed by atoms with Crippen LogP contribution in [0.3, 0.4) is 0 Å². The summed E-state index contributed by atoms with van der Waals surface area (Å²) in [6, 6.07) is 3.66. The van der Waals surface area contributed by atoms with E-state index >= 15 is 0 Å². The van der Waals surface area contributed by atoms with Crippen LogP contribution < -0.4 is 15.2 Å². The van der Waals surface area contributed by atoms with Gasteiger partial charge in [0.25, 0.3) is 0 Å². The van der Waals surface area contributed by atoms with E-state index in [1.54, 1.807) is 13.0 Å². The summed E-state index contributed by atoms with van der Waals surface area (Å²) in [4.78, 5) is 47.4. The normalized spacial score (nSPS) is 12.8. The minimum atomic E-state index is -0.997. The van der Waals surface area contributed by atoms with Gasteiger partial charge in [0.05, 0.1) is 0 Å². The number of carbonyl (C=O) groups is 4. The lowest BCUT2D eigenvalue weighted by Crippen LogP contribution is -2.36. The fraction of sp³-hybridized carbons (Fsp3) is 0.583. The molecule has 0 fully saturated rings. The van der Waals surface area contributed by atoms with Crippen molar-refractivity contribution in [3.63, 3.8) is 0 Å². The highest BCUT2D eigenvalue weighted by Crippen LogP contribution is 2.30. The molecule has 0 bridgehead atoms. The van der Waals surface area contributed by atoms with Gasteiger partial charge in [0.1, 0.15) is 18.8 Å². The van der Waals surface area contributed by atoms with E-state index in [1.807, 2.05) is 27.7 Å². The standard InChI is InChI=1S/C24H35NO8/c1-14(2)9-22(27)32-20-8-7-18(12-21(20)33-23(28)10-15(3)4)11-19(25)24(29)30-13-16(5)31-17(6)26/h7-8,12,14-16,19H,9-11,13,25H2,1-6H3/t16-,19-/m0/s1. The molecule has 0 aliphatic rings. The van der Waals surface area contributed by atoms with E-state index in [0.717, 1.165) is 0 Å². The van der Waals surface area contributed by atoms with Gasteiger partial charge in [-0.25, -0.2) is 0 Å². The summed E-state index contributed by atoms with van der Waals surface area (Å²) in [5.74, 6) is -1.66. The minimum absolute atomic E-state index is 0.0827. The lowest BCUT2D eigenvalue weighted by molar-refractivity contribution is -0.157. The second-order valence-corrected chi connectivity index (χ2v) is 8.79.